The Labute approximate surface area is 153 Å². The summed E-state index contributed by atoms with van der Waals surface area (Å²) in [6.45, 7) is 8.30. The van der Waals surface area contributed by atoms with Crippen molar-refractivity contribution in [1.29, 1.82) is 0 Å². The van der Waals surface area contributed by atoms with Crippen LogP contribution >= 0.6 is 0 Å². The van der Waals surface area contributed by atoms with Gasteiger partial charge in [0.05, 0.1) is 0 Å². The van der Waals surface area contributed by atoms with Crippen LogP contribution in [0.25, 0.3) is 0 Å². The fourth-order valence-electron chi connectivity index (χ4n) is 3.84. The van der Waals surface area contributed by atoms with Gasteiger partial charge >= 0.3 is 0 Å². The van der Waals surface area contributed by atoms with E-state index in [2.05, 4.69) is 38.6 Å². The van der Waals surface area contributed by atoms with Crippen molar-refractivity contribution in [2.45, 2.75) is 71.1 Å². The molecule has 0 aliphatic heterocycles. The van der Waals surface area contributed by atoms with Gasteiger partial charge < -0.3 is 4.74 Å². The van der Waals surface area contributed by atoms with Crippen LogP contribution in [0.3, 0.4) is 0 Å². The Kier molecular flexibility index (Phi) is 8.24. The minimum Gasteiger partial charge on any atom is -0.486 e. The number of rotatable bonds is 9. The van der Waals surface area contributed by atoms with Crippen LogP contribution in [-0.2, 0) is 6.42 Å². The average Bonchev–Trinajstić information content (AvgIpc) is 2.63. The molecule has 1 aliphatic carbocycles. The lowest BCUT2D eigenvalue weighted by Crippen LogP contribution is -2.14. The second kappa shape index (κ2) is 10.4. The highest BCUT2D eigenvalue weighted by molar-refractivity contribution is 5.40. The lowest BCUT2D eigenvalue weighted by atomic mass is 9.76. The van der Waals surface area contributed by atoms with E-state index in [1.165, 1.54) is 31.2 Å². The normalized spacial score (nSPS) is 20.8. The molecule has 0 amide bonds. The molecule has 0 bridgehead atoms. The van der Waals surface area contributed by atoms with E-state index in [4.69, 9.17) is 4.74 Å². The number of ether oxygens (including phenoxy) is 1. The highest BCUT2D eigenvalue weighted by Crippen LogP contribution is 2.40. The fraction of sp³-hybridized carbons (Fsp3) is 0.565. The van der Waals surface area contributed by atoms with Crippen molar-refractivity contribution in [1.82, 2.24) is 0 Å². The Morgan fingerprint density at radius 3 is 2.56 bits per heavy atom. The second-order valence-corrected chi connectivity index (χ2v) is 7.12. The molecule has 1 aromatic rings. The van der Waals surface area contributed by atoms with Gasteiger partial charge in [0, 0.05) is 0 Å². The maximum Gasteiger partial charge on any atom is 0.168 e. The van der Waals surface area contributed by atoms with Crippen molar-refractivity contribution < 1.29 is 9.13 Å². The van der Waals surface area contributed by atoms with Gasteiger partial charge in [-0.25, -0.2) is 4.39 Å². The number of unbranched alkanes of at least 4 members (excludes halogenated alkanes) is 1. The predicted molar refractivity (Wildman–Crippen MR) is 105 cm³/mol. The molecule has 0 atom stereocenters. The van der Waals surface area contributed by atoms with E-state index in [9.17, 15) is 4.39 Å². The van der Waals surface area contributed by atoms with E-state index in [-0.39, 0.29) is 5.82 Å². The highest BCUT2D eigenvalue weighted by Gasteiger charge is 2.25. The average molecular weight is 345 g/mol. The molecule has 0 aromatic heterocycles. The topological polar surface area (TPSA) is 9.23 Å². The minimum absolute atomic E-state index is 0.161. The first-order valence-corrected chi connectivity index (χ1v) is 9.92. The third-order valence-electron chi connectivity index (χ3n) is 5.18. The van der Waals surface area contributed by atoms with Crippen LogP contribution in [0.5, 0.6) is 5.75 Å². The molecule has 1 nitrogen and oxygen atoms in total. The summed E-state index contributed by atoms with van der Waals surface area (Å²) in [7, 11) is 0. The fourth-order valence-corrected chi connectivity index (χ4v) is 3.84. The molecule has 2 heteroatoms. The van der Waals surface area contributed by atoms with Crippen molar-refractivity contribution in [3.63, 3.8) is 0 Å². The molecule has 0 N–H and O–H groups in total. The molecule has 0 heterocycles. The second-order valence-electron chi connectivity index (χ2n) is 7.12. The Morgan fingerprint density at radius 2 is 1.92 bits per heavy atom. The molecule has 138 valence electrons. The van der Waals surface area contributed by atoms with Crippen LogP contribution in [0, 0.1) is 11.7 Å². The Hall–Kier alpha value is -1.57. The van der Waals surface area contributed by atoms with E-state index in [1.54, 1.807) is 12.1 Å². The monoisotopic (exact) mass is 344 g/mol. The summed E-state index contributed by atoms with van der Waals surface area (Å²) in [5.74, 6) is 1.40. The third-order valence-corrected chi connectivity index (χ3v) is 5.18. The van der Waals surface area contributed by atoms with E-state index in [0.29, 0.717) is 24.2 Å². The van der Waals surface area contributed by atoms with E-state index < -0.39 is 0 Å². The van der Waals surface area contributed by atoms with Crippen LogP contribution in [0.15, 0.2) is 36.9 Å². The smallest absolute Gasteiger partial charge is 0.168 e. The largest absolute Gasteiger partial charge is 0.486 e. The van der Waals surface area contributed by atoms with Crippen molar-refractivity contribution in [3.8, 4) is 5.75 Å². The Bertz CT molecular complexity index is 568. The highest BCUT2D eigenvalue weighted by atomic mass is 19.1. The number of benzene rings is 1. The van der Waals surface area contributed by atoms with Crippen molar-refractivity contribution >= 4 is 0 Å². The summed E-state index contributed by atoms with van der Waals surface area (Å²) in [5, 5.41) is 0. The lowest BCUT2D eigenvalue weighted by molar-refractivity contribution is 0.337. The molecule has 1 saturated carbocycles. The summed E-state index contributed by atoms with van der Waals surface area (Å²) in [4.78, 5) is 0. The summed E-state index contributed by atoms with van der Waals surface area (Å²) in [6, 6.07) is 3.91. The molecule has 1 aliphatic rings. The zero-order chi connectivity index (χ0) is 18.1. The quantitative estimate of drug-likeness (QED) is 0.439. The van der Waals surface area contributed by atoms with E-state index in [1.807, 2.05) is 0 Å². The van der Waals surface area contributed by atoms with Gasteiger partial charge in [-0.05, 0) is 67.6 Å². The van der Waals surface area contributed by atoms with Crippen molar-refractivity contribution in [2.24, 2.45) is 5.92 Å². The molecule has 0 spiro atoms. The first-order chi connectivity index (χ1) is 12.2. The molecular weight excluding hydrogens is 311 g/mol. The Balaban J connectivity index is 2.11. The zero-order valence-electron chi connectivity index (χ0n) is 15.9. The number of allylic oxidation sites excluding steroid dienone is 2. The van der Waals surface area contributed by atoms with Gasteiger partial charge in [0.2, 0.25) is 0 Å². The first-order valence-electron chi connectivity index (χ1n) is 9.92. The SMILES string of the molecule is C=CCOc1ccc([C@H]2CC[C@H](C=CCCC)CC2)c(CCC)c1F. The van der Waals surface area contributed by atoms with Gasteiger partial charge in [-0.3, -0.25) is 0 Å². The van der Waals surface area contributed by atoms with Crippen LogP contribution < -0.4 is 4.74 Å². The van der Waals surface area contributed by atoms with Gasteiger partial charge in [0.25, 0.3) is 0 Å². The minimum atomic E-state index is -0.161. The molecule has 0 radical (unpaired) electrons. The number of hydrogen-bond donors (Lipinski definition) is 0. The maximum atomic E-state index is 14.9. The standard InChI is InChI=1S/C23H33FO/c1-4-7-8-10-18-11-13-19(14-12-18)20-15-16-22(25-17-6-3)23(24)21(20)9-5-2/h6,8,10,15-16,18-19H,3-5,7,9,11-14,17H2,1-2H3/t18-,19-. The Morgan fingerprint density at radius 1 is 1.16 bits per heavy atom. The molecular formula is C23H33FO. The lowest BCUT2D eigenvalue weighted by Gasteiger charge is -2.29. The van der Waals surface area contributed by atoms with E-state index >= 15 is 0 Å². The maximum absolute atomic E-state index is 14.9. The molecule has 25 heavy (non-hydrogen) atoms. The molecule has 2 rings (SSSR count). The van der Waals surface area contributed by atoms with Crippen LogP contribution in [0.2, 0.25) is 0 Å². The van der Waals surface area contributed by atoms with Crippen molar-refractivity contribution in [2.75, 3.05) is 6.61 Å². The van der Waals surface area contributed by atoms with Gasteiger partial charge in [0.15, 0.2) is 11.6 Å². The van der Waals surface area contributed by atoms with Gasteiger partial charge in [0.1, 0.15) is 6.61 Å². The molecule has 1 fully saturated rings. The molecule has 0 saturated heterocycles. The van der Waals surface area contributed by atoms with Gasteiger partial charge in [-0.15, -0.1) is 0 Å². The summed E-state index contributed by atoms with van der Waals surface area (Å²) >= 11 is 0. The summed E-state index contributed by atoms with van der Waals surface area (Å²) in [5.41, 5.74) is 2.08. The molecule has 1 aromatic carbocycles. The third kappa shape index (κ3) is 5.45. The van der Waals surface area contributed by atoms with Gasteiger partial charge in [-0.2, -0.15) is 0 Å². The van der Waals surface area contributed by atoms with Gasteiger partial charge in [-0.1, -0.05) is 57.6 Å². The zero-order valence-corrected chi connectivity index (χ0v) is 15.9. The summed E-state index contributed by atoms with van der Waals surface area (Å²) in [6.07, 6.45) is 15.3. The van der Waals surface area contributed by atoms with Crippen LogP contribution in [-0.4, -0.2) is 6.61 Å². The first kappa shape index (κ1) is 19.8. The predicted octanol–water partition coefficient (Wildman–Crippen LogP) is 6.97. The molecule has 0 unspecified atom stereocenters. The number of hydrogen-bond acceptors (Lipinski definition) is 1. The van der Waals surface area contributed by atoms with E-state index in [0.717, 1.165) is 31.2 Å². The van der Waals surface area contributed by atoms with Crippen LogP contribution in [0.4, 0.5) is 4.39 Å². The summed E-state index contributed by atoms with van der Waals surface area (Å²) < 4.78 is 20.4. The number of halogens is 1. The van der Waals surface area contributed by atoms with Crippen LogP contribution in [0.1, 0.15) is 75.8 Å². The van der Waals surface area contributed by atoms with Crippen molar-refractivity contribution in [3.05, 3.63) is 53.9 Å².